The van der Waals surface area contributed by atoms with Crippen molar-refractivity contribution in [2.45, 2.75) is 11.8 Å². The van der Waals surface area contributed by atoms with E-state index in [0.717, 1.165) is 16.0 Å². The van der Waals surface area contributed by atoms with Gasteiger partial charge in [-0.15, -0.1) is 29.8 Å². The fraction of sp³-hybridized carbons (Fsp3) is 0.0385. The molecule has 150 valence electrons. The van der Waals surface area contributed by atoms with Crippen molar-refractivity contribution in [1.82, 2.24) is 0 Å². The quantitative estimate of drug-likeness (QED) is 0.154. The van der Waals surface area contributed by atoms with Crippen LogP contribution in [0.2, 0.25) is 0 Å². The third-order valence-electron chi connectivity index (χ3n) is 3.90. The van der Waals surface area contributed by atoms with Crippen LogP contribution in [-0.2, 0) is 21.9 Å². The Hall–Kier alpha value is -2.76. The zero-order valence-corrected chi connectivity index (χ0v) is 17.9. The molecule has 4 aromatic carbocycles. The second kappa shape index (κ2) is 11.9. The first-order valence-corrected chi connectivity index (χ1v) is 9.82. The molecular formula is C26H20FeOS-6. The van der Waals surface area contributed by atoms with Crippen LogP contribution in [-0.4, -0.2) is 5.12 Å². The fourth-order valence-corrected chi connectivity index (χ4v) is 3.15. The first-order chi connectivity index (χ1) is 13.7. The molecule has 29 heavy (non-hydrogen) atoms. The SMILES string of the molecule is CC(=O)Sc1ccc(C#Cc2ccc(-[c-]3cccc3)cc2)cc1.[Fe].[cH-]1[cH-][cH-][cH-][cH-]1. The van der Waals surface area contributed by atoms with E-state index in [2.05, 4.69) is 36.1 Å². The topological polar surface area (TPSA) is 17.1 Å². The molecular weight excluding hydrogens is 416 g/mol. The van der Waals surface area contributed by atoms with Crippen LogP contribution in [0.15, 0.2) is 108 Å². The molecule has 3 heteroatoms. The summed E-state index contributed by atoms with van der Waals surface area (Å²) in [5, 5.41) is 0.0914. The maximum absolute atomic E-state index is 11.1. The molecule has 0 N–H and O–H groups in total. The van der Waals surface area contributed by atoms with E-state index in [-0.39, 0.29) is 22.2 Å². The summed E-state index contributed by atoms with van der Waals surface area (Å²) in [6.45, 7) is 1.57. The summed E-state index contributed by atoms with van der Waals surface area (Å²) in [5.74, 6) is 6.32. The van der Waals surface area contributed by atoms with Crippen LogP contribution < -0.4 is 0 Å². The molecule has 0 aliphatic carbocycles. The Bertz CT molecular complexity index is 1020. The van der Waals surface area contributed by atoms with Crippen LogP contribution in [0, 0.1) is 11.8 Å². The van der Waals surface area contributed by atoms with Crippen LogP contribution in [0.4, 0.5) is 0 Å². The van der Waals surface area contributed by atoms with E-state index in [0.29, 0.717) is 0 Å². The monoisotopic (exact) mass is 436 g/mol. The van der Waals surface area contributed by atoms with E-state index in [1.54, 1.807) is 6.92 Å². The van der Waals surface area contributed by atoms with Gasteiger partial charge in [0, 0.05) is 40.0 Å². The predicted octanol–water partition coefficient (Wildman–Crippen LogP) is 6.51. The Morgan fingerprint density at radius 1 is 0.793 bits per heavy atom. The summed E-state index contributed by atoms with van der Waals surface area (Å²) in [7, 11) is 0. The van der Waals surface area contributed by atoms with E-state index in [9.17, 15) is 4.79 Å². The summed E-state index contributed by atoms with van der Waals surface area (Å²) in [6, 6.07) is 34.3. The van der Waals surface area contributed by atoms with E-state index in [1.807, 2.05) is 78.9 Å². The predicted molar refractivity (Wildman–Crippen MR) is 118 cm³/mol. The van der Waals surface area contributed by atoms with Gasteiger partial charge in [-0.1, -0.05) is 41.3 Å². The van der Waals surface area contributed by atoms with Crippen molar-refractivity contribution in [1.29, 1.82) is 0 Å². The van der Waals surface area contributed by atoms with Gasteiger partial charge in [-0.05, 0) is 24.3 Å². The maximum Gasteiger partial charge on any atom is 0.190 e. The molecule has 0 amide bonds. The smallest absolute Gasteiger partial charge is 0.190 e. The van der Waals surface area contributed by atoms with Gasteiger partial charge in [-0.3, -0.25) is 4.79 Å². The minimum absolute atomic E-state index is 0. The van der Waals surface area contributed by atoms with Gasteiger partial charge in [0.05, 0.1) is 0 Å². The summed E-state index contributed by atoms with van der Waals surface area (Å²) in [5.41, 5.74) is 4.36. The average Bonchev–Trinajstić information content (AvgIpc) is 3.44. The van der Waals surface area contributed by atoms with Gasteiger partial charge in [-0.25, -0.2) is 0 Å². The number of hydrogen-bond donors (Lipinski definition) is 0. The molecule has 0 aliphatic heterocycles. The molecule has 0 aliphatic rings. The standard InChI is InChI=1S/C21H15OS.C5H5.Fe/c1-16(22)23-21-14-10-18(11-15-21)7-6-17-8-12-20(13-9-17)19-4-2-3-5-19;1-2-4-5-3-1;/h2-5,8-15H,1H3;1-5H;/q-1;-5;. The van der Waals surface area contributed by atoms with Crippen molar-refractivity contribution in [3.05, 3.63) is 114 Å². The largest absolute Gasteiger partial charge is 0.748 e. The van der Waals surface area contributed by atoms with Crippen molar-refractivity contribution >= 4 is 16.9 Å². The van der Waals surface area contributed by atoms with Gasteiger partial charge in [-0.2, -0.15) is 12.1 Å². The van der Waals surface area contributed by atoms with Crippen LogP contribution in [0.5, 0.6) is 0 Å². The Morgan fingerprint density at radius 3 is 1.69 bits per heavy atom. The van der Waals surface area contributed by atoms with E-state index >= 15 is 0 Å². The molecule has 0 saturated carbocycles. The van der Waals surface area contributed by atoms with Crippen molar-refractivity contribution in [2.75, 3.05) is 0 Å². The van der Waals surface area contributed by atoms with Gasteiger partial charge < -0.3 is 30.3 Å². The normalized spacial score (nSPS) is 9.28. The molecule has 4 aromatic rings. The first-order valence-electron chi connectivity index (χ1n) is 9.00. The molecule has 0 radical (unpaired) electrons. The van der Waals surface area contributed by atoms with Crippen LogP contribution in [0.3, 0.4) is 0 Å². The number of thioether (sulfide) groups is 1. The van der Waals surface area contributed by atoms with Crippen molar-refractivity contribution in [3.63, 3.8) is 0 Å². The first kappa shape index (κ1) is 22.5. The number of benzene rings is 2. The molecule has 1 nitrogen and oxygen atoms in total. The van der Waals surface area contributed by atoms with E-state index < -0.39 is 0 Å². The number of rotatable bonds is 2. The second-order valence-electron chi connectivity index (χ2n) is 6.08. The third kappa shape index (κ3) is 7.64. The fourth-order valence-electron chi connectivity index (χ4n) is 2.55. The van der Waals surface area contributed by atoms with Crippen LogP contribution >= 0.6 is 11.8 Å². The number of carbonyl (C=O) groups excluding carboxylic acids is 1. The Morgan fingerprint density at radius 2 is 1.24 bits per heavy atom. The summed E-state index contributed by atoms with van der Waals surface area (Å²) in [4.78, 5) is 12.0. The van der Waals surface area contributed by atoms with Crippen molar-refractivity contribution in [3.8, 4) is 23.0 Å². The van der Waals surface area contributed by atoms with Gasteiger partial charge >= 0.3 is 0 Å². The van der Waals surface area contributed by atoms with Gasteiger partial charge in [0.2, 0.25) is 0 Å². The zero-order chi connectivity index (χ0) is 19.6. The molecule has 0 aromatic heterocycles. The summed E-state index contributed by atoms with van der Waals surface area (Å²) in [6.07, 6.45) is 0. The van der Waals surface area contributed by atoms with E-state index in [4.69, 9.17) is 0 Å². The molecule has 0 heterocycles. The second-order valence-corrected chi connectivity index (χ2v) is 7.33. The van der Waals surface area contributed by atoms with Gasteiger partial charge in [0.1, 0.15) is 0 Å². The molecule has 0 fully saturated rings. The summed E-state index contributed by atoms with van der Waals surface area (Å²) >= 11 is 1.23. The van der Waals surface area contributed by atoms with Crippen LogP contribution in [0.1, 0.15) is 18.1 Å². The maximum atomic E-state index is 11.1. The van der Waals surface area contributed by atoms with Gasteiger partial charge in [0.25, 0.3) is 0 Å². The molecule has 0 spiro atoms. The minimum atomic E-state index is 0. The number of carbonyl (C=O) groups is 1. The molecule has 0 unspecified atom stereocenters. The molecule has 0 saturated heterocycles. The van der Waals surface area contributed by atoms with Crippen molar-refractivity contribution < 1.29 is 21.9 Å². The Labute approximate surface area is 187 Å². The zero-order valence-electron chi connectivity index (χ0n) is 16.0. The third-order valence-corrected chi connectivity index (χ3v) is 4.70. The molecule has 0 bridgehead atoms. The molecule has 4 rings (SSSR count). The van der Waals surface area contributed by atoms with Crippen molar-refractivity contribution in [2.24, 2.45) is 0 Å². The minimum Gasteiger partial charge on any atom is -0.748 e. The van der Waals surface area contributed by atoms with Gasteiger partial charge in [0.15, 0.2) is 5.12 Å². The Kier molecular flexibility index (Phi) is 9.28. The van der Waals surface area contributed by atoms with Crippen LogP contribution in [0.25, 0.3) is 11.1 Å². The molecule has 0 atom stereocenters. The average molecular weight is 436 g/mol. The van der Waals surface area contributed by atoms with E-state index in [1.165, 1.54) is 22.9 Å². The summed E-state index contributed by atoms with van der Waals surface area (Å²) < 4.78 is 0. The Balaban J connectivity index is 0.000000437. The number of hydrogen-bond acceptors (Lipinski definition) is 2.